The Labute approximate surface area is 223 Å². The van der Waals surface area contributed by atoms with Gasteiger partial charge in [0.15, 0.2) is 11.5 Å². The number of rotatable bonds is 10. The number of ether oxygens (including phenoxy) is 3. The third kappa shape index (κ3) is 6.16. The highest BCUT2D eigenvalue weighted by atomic mass is 16.5. The van der Waals surface area contributed by atoms with Gasteiger partial charge in [0, 0.05) is 5.56 Å². The maximum atomic E-state index is 13.0. The third-order valence-electron chi connectivity index (χ3n) is 5.73. The molecule has 0 saturated carbocycles. The molecule has 0 atom stereocenters. The number of methoxy groups -OCH3 is 2. The first-order valence-electron chi connectivity index (χ1n) is 11.7. The molecule has 11 nitrogen and oxygen atoms in total. The number of nitrogens with one attached hydrogen (secondary N) is 2. The smallest absolute Gasteiger partial charge is 0.335 e. The van der Waals surface area contributed by atoms with Crippen LogP contribution in [0.2, 0.25) is 0 Å². The van der Waals surface area contributed by atoms with E-state index in [0.29, 0.717) is 28.3 Å². The molecule has 0 bridgehead atoms. The summed E-state index contributed by atoms with van der Waals surface area (Å²) in [6.07, 6.45) is 1.42. The van der Waals surface area contributed by atoms with Gasteiger partial charge in [-0.1, -0.05) is 36.4 Å². The van der Waals surface area contributed by atoms with Crippen LogP contribution in [-0.2, 0) is 16.2 Å². The van der Waals surface area contributed by atoms with Gasteiger partial charge in [-0.15, -0.1) is 0 Å². The van der Waals surface area contributed by atoms with E-state index in [1.165, 1.54) is 32.4 Å². The Balaban J connectivity index is 1.52. The van der Waals surface area contributed by atoms with Crippen molar-refractivity contribution in [3.63, 3.8) is 0 Å². The minimum Gasteiger partial charge on any atom is -0.495 e. The first kappa shape index (κ1) is 26.7. The highest BCUT2D eigenvalue weighted by molar-refractivity contribution is 6.16. The lowest BCUT2D eigenvalue weighted by molar-refractivity contribution is -0.127. The van der Waals surface area contributed by atoms with Crippen molar-refractivity contribution in [3.05, 3.63) is 89.1 Å². The molecule has 200 valence electrons. The fourth-order valence-electron chi connectivity index (χ4n) is 3.86. The lowest BCUT2D eigenvalue weighted by atomic mass is 10.1. The summed E-state index contributed by atoms with van der Waals surface area (Å²) in [5.41, 5.74) is 1.49. The van der Waals surface area contributed by atoms with E-state index in [4.69, 9.17) is 14.2 Å². The maximum absolute atomic E-state index is 13.0. The summed E-state index contributed by atoms with van der Waals surface area (Å²) in [7, 11) is 2.91. The Morgan fingerprint density at radius 3 is 2.44 bits per heavy atom. The second kappa shape index (κ2) is 11.8. The number of hydrogen-bond donors (Lipinski definition) is 3. The van der Waals surface area contributed by atoms with Crippen LogP contribution in [0.4, 0.5) is 10.5 Å². The largest absolute Gasteiger partial charge is 0.495 e. The number of hydrogen-bond acceptors (Lipinski definition) is 7. The van der Waals surface area contributed by atoms with Crippen LogP contribution < -0.4 is 24.8 Å². The summed E-state index contributed by atoms with van der Waals surface area (Å²) in [5.74, 6) is -1.26. The van der Waals surface area contributed by atoms with Crippen molar-refractivity contribution in [2.75, 3.05) is 26.1 Å². The number of anilines is 1. The van der Waals surface area contributed by atoms with Crippen LogP contribution in [0.15, 0.2) is 72.4 Å². The van der Waals surface area contributed by atoms with Crippen molar-refractivity contribution in [2.24, 2.45) is 0 Å². The van der Waals surface area contributed by atoms with E-state index in [1.807, 2.05) is 0 Å². The standard InChI is InChI=1S/C28H25N3O8/c1-37-22-11-4-3-10-20(22)29-24(32)15-31-26(33)21(30-28(31)36)14-18-8-6-12-23(38-2)25(18)39-16-17-7-5-9-19(13-17)27(34)35/h3-14H,15-16H2,1-2H3,(H,29,32)(H,30,36)(H,34,35)/b21-14+. The molecule has 4 amide bonds. The number of aromatic carboxylic acids is 1. The lowest BCUT2D eigenvalue weighted by Crippen LogP contribution is -2.38. The molecule has 3 aromatic rings. The average Bonchev–Trinajstić information content (AvgIpc) is 3.19. The number of urea groups is 1. The normalized spacial score (nSPS) is 13.7. The summed E-state index contributed by atoms with van der Waals surface area (Å²) in [5, 5.41) is 14.3. The van der Waals surface area contributed by atoms with E-state index in [2.05, 4.69) is 10.6 Å². The van der Waals surface area contributed by atoms with Gasteiger partial charge < -0.3 is 30.0 Å². The van der Waals surface area contributed by atoms with E-state index in [9.17, 15) is 24.3 Å². The zero-order valence-corrected chi connectivity index (χ0v) is 21.1. The van der Waals surface area contributed by atoms with Gasteiger partial charge in [-0.05, 0) is 42.0 Å². The Morgan fingerprint density at radius 2 is 1.69 bits per heavy atom. The molecule has 1 saturated heterocycles. The van der Waals surface area contributed by atoms with Crippen molar-refractivity contribution in [1.82, 2.24) is 10.2 Å². The van der Waals surface area contributed by atoms with E-state index >= 15 is 0 Å². The zero-order valence-electron chi connectivity index (χ0n) is 21.1. The fourth-order valence-corrected chi connectivity index (χ4v) is 3.86. The maximum Gasteiger partial charge on any atom is 0.335 e. The summed E-state index contributed by atoms with van der Waals surface area (Å²) >= 11 is 0. The molecule has 11 heteroatoms. The second-order valence-electron chi connectivity index (χ2n) is 8.30. The van der Waals surface area contributed by atoms with Crippen molar-refractivity contribution >= 4 is 35.6 Å². The molecule has 1 aliphatic rings. The molecule has 3 N–H and O–H groups in total. The summed E-state index contributed by atoms with van der Waals surface area (Å²) in [6, 6.07) is 17.3. The summed E-state index contributed by atoms with van der Waals surface area (Å²) in [4.78, 5) is 50.2. The van der Waals surface area contributed by atoms with E-state index < -0.39 is 30.4 Å². The van der Waals surface area contributed by atoms with E-state index in [1.54, 1.807) is 54.6 Å². The number of imide groups is 1. The van der Waals surface area contributed by atoms with E-state index in [0.717, 1.165) is 4.90 Å². The molecule has 3 aromatic carbocycles. The van der Waals surface area contributed by atoms with Crippen molar-refractivity contribution in [3.8, 4) is 17.2 Å². The van der Waals surface area contributed by atoms with Gasteiger partial charge >= 0.3 is 12.0 Å². The van der Waals surface area contributed by atoms with Gasteiger partial charge in [-0.2, -0.15) is 0 Å². The molecule has 1 heterocycles. The lowest BCUT2D eigenvalue weighted by Gasteiger charge is -2.14. The molecule has 0 aliphatic carbocycles. The molecule has 0 aromatic heterocycles. The van der Waals surface area contributed by atoms with Crippen LogP contribution in [0.25, 0.3) is 6.08 Å². The van der Waals surface area contributed by atoms with Gasteiger partial charge in [0.05, 0.1) is 25.5 Å². The first-order chi connectivity index (χ1) is 18.8. The van der Waals surface area contributed by atoms with Gasteiger partial charge in [-0.3, -0.25) is 9.59 Å². The van der Waals surface area contributed by atoms with Crippen LogP contribution in [-0.4, -0.2) is 54.6 Å². The minimum absolute atomic E-state index is 0.0210. The number of carboxylic acid groups (broad SMARTS) is 1. The quantitative estimate of drug-likeness (QED) is 0.266. The van der Waals surface area contributed by atoms with Crippen molar-refractivity contribution in [1.29, 1.82) is 0 Å². The molecule has 1 aliphatic heterocycles. The average molecular weight is 532 g/mol. The fraction of sp³-hybridized carbons (Fsp3) is 0.143. The molecule has 0 radical (unpaired) electrons. The predicted molar refractivity (Wildman–Crippen MR) is 141 cm³/mol. The Bertz CT molecular complexity index is 1470. The van der Waals surface area contributed by atoms with Crippen LogP contribution in [0.1, 0.15) is 21.5 Å². The van der Waals surface area contributed by atoms with Gasteiger partial charge in [0.2, 0.25) is 5.91 Å². The Hall–Kier alpha value is -5.32. The molecular weight excluding hydrogens is 506 g/mol. The van der Waals surface area contributed by atoms with Gasteiger partial charge in [0.25, 0.3) is 5.91 Å². The van der Waals surface area contributed by atoms with Crippen LogP contribution in [0.5, 0.6) is 17.2 Å². The highest BCUT2D eigenvalue weighted by Gasteiger charge is 2.35. The number of para-hydroxylation sites is 3. The topological polar surface area (TPSA) is 144 Å². The number of carbonyl (C=O) groups excluding carboxylic acids is 3. The van der Waals surface area contributed by atoms with Crippen LogP contribution >= 0.6 is 0 Å². The molecule has 1 fully saturated rings. The molecule has 0 unspecified atom stereocenters. The molecule has 0 spiro atoms. The van der Waals surface area contributed by atoms with Gasteiger partial charge in [0.1, 0.15) is 24.6 Å². The highest BCUT2D eigenvalue weighted by Crippen LogP contribution is 2.34. The number of carboxylic acids is 1. The Morgan fingerprint density at radius 1 is 0.974 bits per heavy atom. The number of carbonyl (C=O) groups is 4. The predicted octanol–water partition coefficient (Wildman–Crippen LogP) is 3.51. The molecular formula is C28H25N3O8. The third-order valence-corrected chi connectivity index (χ3v) is 5.73. The number of amides is 4. The molecule has 4 rings (SSSR count). The van der Waals surface area contributed by atoms with Gasteiger partial charge in [-0.25, -0.2) is 14.5 Å². The minimum atomic E-state index is -1.06. The van der Waals surface area contributed by atoms with Crippen LogP contribution in [0, 0.1) is 0 Å². The number of benzene rings is 3. The van der Waals surface area contributed by atoms with Crippen LogP contribution in [0.3, 0.4) is 0 Å². The SMILES string of the molecule is COc1ccccc1NC(=O)CN1C(=O)N/C(=C/c2cccc(OC)c2OCc2cccc(C(=O)O)c2)C1=O. The second-order valence-corrected chi connectivity index (χ2v) is 8.30. The van der Waals surface area contributed by atoms with Crippen molar-refractivity contribution in [2.45, 2.75) is 6.61 Å². The molecule has 39 heavy (non-hydrogen) atoms. The van der Waals surface area contributed by atoms with E-state index in [-0.39, 0.29) is 23.6 Å². The monoisotopic (exact) mass is 531 g/mol. The summed E-state index contributed by atoms with van der Waals surface area (Å²) < 4.78 is 16.6. The number of nitrogens with zero attached hydrogens (tertiary/aromatic N) is 1. The first-order valence-corrected chi connectivity index (χ1v) is 11.7. The zero-order chi connectivity index (χ0) is 27.9. The van der Waals surface area contributed by atoms with Crippen molar-refractivity contribution < 1.29 is 38.5 Å². The Kier molecular flexibility index (Phi) is 8.10. The summed E-state index contributed by atoms with van der Waals surface area (Å²) in [6.45, 7) is -0.491.